The number of nitrogens with one attached hydrogen (secondary N) is 1. The van der Waals surface area contributed by atoms with Gasteiger partial charge in [-0.15, -0.1) is 0 Å². The molecule has 0 radical (unpaired) electrons. The molecule has 2 rings (SSSR count). The average Bonchev–Trinajstić information content (AvgIpc) is 2.79. The summed E-state index contributed by atoms with van der Waals surface area (Å²) in [5, 5.41) is 3.31. The summed E-state index contributed by atoms with van der Waals surface area (Å²) in [6, 6.07) is 4.56. The molecule has 0 bridgehead atoms. The predicted molar refractivity (Wildman–Crippen MR) is 81.5 cm³/mol. The monoisotopic (exact) mass is 310 g/mol. The number of carbonyl (C=O) groups is 1. The molecule has 1 aliphatic heterocycles. The summed E-state index contributed by atoms with van der Waals surface area (Å²) in [4.78, 5) is 13.4. The fraction of sp³-hybridized carbons (Fsp3) is 0.562. The Morgan fingerprint density at radius 1 is 1.50 bits per heavy atom. The molecule has 5 nitrogen and oxygen atoms in total. The first-order chi connectivity index (χ1) is 10.3. The van der Waals surface area contributed by atoms with Crippen LogP contribution in [0.15, 0.2) is 18.2 Å². The van der Waals surface area contributed by atoms with E-state index in [1.54, 1.807) is 13.1 Å². The minimum absolute atomic E-state index is 0.0163. The van der Waals surface area contributed by atoms with Crippen molar-refractivity contribution < 1.29 is 18.7 Å². The van der Waals surface area contributed by atoms with Gasteiger partial charge in [0.25, 0.3) is 0 Å². The number of hydrogen-bond acceptors (Lipinski definition) is 4. The van der Waals surface area contributed by atoms with Crippen LogP contribution < -0.4 is 10.1 Å². The third kappa shape index (κ3) is 4.34. The standard InChI is InChI=1S/C16H23FN2O3/c1-16(2,3)22-15(20)19(4)8-7-18-13-10-21-14-9-11(17)5-6-12(13)14/h5-6,9,13,18H,7-8,10H2,1-4H3. The molecule has 1 heterocycles. The summed E-state index contributed by atoms with van der Waals surface area (Å²) < 4.78 is 23.9. The highest BCUT2D eigenvalue weighted by atomic mass is 19.1. The molecule has 1 atom stereocenters. The Morgan fingerprint density at radius 3 is 2.91 bits per heavy atom. The number of ether oxygens (including phenoxy) is 2. The zero-order chi connectivity index (χ0) is 16.3. The van der Waals surface area contributed by atoms with Crippen molar-refractivity contribution in [2.45, 2.75) is 32.4 Å². The van der Waals surface area contributed by atoms with E-state index < -0.39 is 5.60 Å². The van der Waals surface area contributed by atoms with Gasteiger partial charge >= 0.3 is 6.09 Å². The number of halogens is 1. The third-order valence-electron chi connectivity index (χ3n) is 3.30. The Kier molecular flexibility index (Phi) is 4.90. The van der Waals surface area contributed by atoms with Crippen LogP contribution in [0.5, 0.6) is 5.75 Å². The maximum Gasteiger partial charge on any atom is 0.410 e. The second kappa shape index (κ2) is 6.52. The van der Waals surface area contributed by atoms with Gasteiger partial charge in [-0.1, -0.05) is 6.07 Å². The highest BCUT2D eigenvalue weighted by Gasteiger charge is 2.24. The van der Waals surface area contributed by atoms with Crippen LogP contribution in [0.4, 0.5) is 9.18 Å². The maximum atomic E-state index is 13.1. The molecule has 6 heteroatoms. The Hall–Kier alpha value is -1.82. The average molecular weight is 310 g/mol. The number of amides is 1. The molecule has 0 aromatic heterocycles. The summed E-state index contributed by atoms with van der Waals surface area (Å²) in [6.45, 7) is 7.09. The van der Waals surface area contributed by atoms with Gasteiger partial charge in [0.15, 0.2) is 0 Å². The van der Waals surface area contributed by atoms with Crippen molar-refractivity contribution in [1.29, 1.82) is 0 Å². The molecule has 1 aromatic carbocycles. The van der Waals surface area contributed by atoms with Gasteiger partial charge in [-0.05, 0) is 26.8 Å². The van der Waals surface area contributed by atoms with Crippen LogP contribution in [0.3, 0.4) is 0 Å². The minimum atomic E-state index is -0.499. The first kappa shape index (κ1) is 16.5. The van der Waals surface area contributed by atoms with Crippen molar-refractivity contribution in [3.63, 3.8) is 0 Å². The predicted octanol–water partition coefficient (Wildman–Crippen LogP) is 2.72. The van der Waals surface area contributed by atoms with Gasteiger partial charge < -0.3 is 19.7 Å². The molecule has 0 aliphatic carbocycles. The third-order valence-corrected chi connectivity index (χ3v) is 3.30. The number of benzene rings is 1. The Bertz CT molecular complexity index is 543. The first-order valence-corrected chi connectivity index (χ1v) is 7.36. The molecule has 0 spiro atoms. The highest BCUT2D eigenvalue weighted by Crippen LogP contribution is 2.32. The normalized spacial score (nSPS) is 16.9. The van der Waals surface area contributed by atoms with Crippen molar-refractivity contribution in [3.8, 4) is 5.75 Å². The number of fused-ring (bicyclic) bond motifs is 1. The largest absolute Gasteiger partial charge is 0.491 e. The first-order valence-electron chi connectivity index (χ1n) is 7.36. The summed E-state index contributed by atoms with van der Waals surface area (Å²) in [5.74, 6) is 0.280. The lowest BCUT2D eigenvalue weighted by Gasteiger charge is -2.25. The van der Waals surface area contributed by atoms with Crippen molar-refractivity contribution in [1.82, 2.24) is 10.2 Å². The smallest absolute Gasteiger partial charge is 0.410 e. The van der Waals surface area contributed by atoms with E-state index >= 15 is 0 Å². The molecular weight excluding hydrogens is 287 g/mol. The quantitative estimate of drug-likeness (QED) is 0.929. The Balaban J connectivity index is 1.80. The van der Waals surface area contributed by atoms with Gasteiger partial charge in [-0.25, -0.2) is 9.18 Å². The minimum Gasteiger partial charge on any atom is -0.491 e. The molecule has 0 saturated heterocycles. The fourth-order valence-corrected chi connectivity index (χ4v) is 2.19. The molecule has 0 saturated carbocycles. The van der Waals surface area contributed by atoms with Crippen LogP contribution in [0.25, 0.3) is 0 Å². The molecule has 0 fully saturated rings. The highest BCUT2D eigenvalue weighted by molar-refractivity contribution is 5.67. The number of likely N-dealkylation sites (N-methyl/N-ethyl adjacent to an activating group) is 1. The van der Waals surface area contributed by atoms with E-state index in [1.807, 2.05) is 20.8 Å². The number of hydrogen-bond donors (Lipinski definition) is 1. The van der Waals surface area contributed by atoms with Crippen LogP contribution in [-0.4, -0.2) is 43.3 Å². The lowest BCUT2D eigenvalue weighted by atomic mass is 10.1. The summed E-state index contributed by atoms with van der Waals surface area (Å²) >= 11 is 0. The zero-order valence-corrected chi connectivity index (χ0v) is 13.5. The van der Waals surface area contributed by atoms with Crippen LogP contribution >= 0.6 is 0 Å². The van der Waals surface area contributed by atoms with Gasteiger partial charge in [0.1, 0.15) is 23.8 Å². The lowest BCUT2D eigenvalue weighted by Crippen LogP contribution is -2.38. The number of carbonyl (C=O) groups excluding carboxylic acids is 1. The van der Waals surface area contributed by atoms with Gasteiger partial charge in [0, 0.05) is 31.8 Å². The van der Waals surface area contributed by atoms with Gasteiger partial charge in [-0.3, -0.25) is 0 Å². The van der Waals surface area contributed by atoms with Crippen LogP contribution in [0, 0.1) is 5.82 Å². The van der Waals surface area contributed by atoms with Gasteiger partial charge in [-0.2, -0.15) is 0 Å². The fourth-order valence-electron chi connectivity index (χ4n) is 2.19. The van der Waals surface area contributed by atoms with E-state index in [9.17, 15) is 9.18 Å². The molecule has 1 aromatic rings. The molecule has 1 aliphatic rings. The van der Waals surface area contributed by atoms with Crippen molar-refractivity contribution >= 4 is 6.09 Å². The molecule has 22 heavy (non-hydrogen) atoms. The van der Waals surface area contributed by atoms with Crippen molar-refractivity contribution in [2.75, 3.05) is 26.7 Å². The van der Waals surface area contributed by atoms with E-state index in [1.165, 1.54) is 17.0 Å². The van der Waals surface area contributed by atoms with Gasteiger partial charge in [0.05, 0.1) is 6.04 Å². The lowest BCUT2D eigenvalue weighted by molar-refractivity contribution is 0.0299. The molecule has 1 N–H and O–H groups in total. The second-order valence-corrected chi connectivity index (χ2v) is 6.40. The van der Waals surface area contributed by atoms with E-state index in [2.05, 4.69) is 5.32 Å². The van der Waals surface area contributed by atoms with Crippen molar-refractivity contribution in [2.24, 2.45) is 0 Å². The number of rotatable bonds is 4. The SMILES string of the molecule is CN(CCNC1COc2cc(F)ccc21)C(=O)OC(C)(C)C. The molecule has 1 unspecified atom stereocenters. The van der Waals surface area contributed by atoms with E-state index in [0.717, 1.165) is 5.56 Å². The van der Waals surface area contributed by atoms with Crippen LogP contribution in [0.2, 0.25) is 0 Å². The zero-order valence-electron chi connectivity index (χ0n) is 13.5. The van der Waals surface area contributed by atoms with Crippen molar-refractivity contribution in [3.05, 3.63) is 29.6 Å². The van der Waals surface area contributed by atoms with Crippen LogP contribution in [0.1, 0.15) is 32.4 Å². The Morgan fingerprint density at radius 2 is 2.23 bits per heavy atom. The number of nitrogens with zero attached hydrogens (tertiary/aromatic N) is 1. The summed E-state index contributed by atoms with van der Waals surface area (Å²) in [5.41, 5.74) is 0.447. The van der Waals surface area contributed by atoms with Gasteiger partial charge in [0.2, 0.25) is 0 Å². The maximum absolute atomic E-state index is 13.1. The topological polar surface area (TPSA) is 50.8 Å². The van der Waals surface area contributed by atoms with Crippen LogP contribution in [-0.2, 0) is 4.74 Å². The van der Waals surface area contributed by atoms with E-state index in [-0.39, 0.29) is 18.0 Å². The van der Waals surface area contributed by atoms with E-state index in [0.29, 0.717) is 25.4 Å². The second-order valence-electron chi connectivity index (χ2n) is 6.40. The van der Waals surface area contributed by atoms with E-state index in [4.69, 9.17) is 9.47 Å². The molecular formula is C16H23FN2O3. The molecule has 1 amide bonds. The molecule has 122 valence electrons. The Labute approximate surface area is 130 Å². The summed E-state index contributed by atoms with van der Waals surface area (Å²) in [7, 11) is 1.70. The summed E-state index contributed by atoms with van der Waals surface area (Å²) in [6.07, 6.45) is -0.348.